The minimum absolute atomic E-state index is 0.200. The summed E-state index contributed by atoms with van der Waals surface area (Å²) >= 11 is 0. The summed E-state index contributed by atoms with van der Waals surface area (Å²) in [4.78, 5) is 8.57. The Labute approximate surface area is 95.4 Å². The molecule has 3 nitrogen and oxygen atoms in total. The molecule has 3 heteroatoms. The van der Waals surface area contributed by atoms with Crippen molar-refractivity contribution in [3.05, 3.63) is 59.2 Å². The summed E-state index contributed by atoms with van der Waals surface area (Å²) < 4.78 is 0. The van der Waals surface area contributed by atoms with Gasteiger partial charge in [0.2, 0.25) is 0 Å². The van der Waals surface area contributed by atoms with Crippen LogP contribution in [0.3, 0.4) is 0 Å². The molecule has 2 N–H and O–H groups in total. The first-order chi connectivity index (χ1) is 7.68. The van der Waals surface area contributed by atoms with Gasteiger partial charge in [0.25, 0.3) is 0 Å². The van der Waals surface area contributed by atoms with Gasteiger partial charge >= 0.3 is 0 Å². The van der Waals surface area contributed by atoms with Crippen LogP contribution in [0.25, 0.3) is 0 Å². The van der Waals surface area contributed by atoms with Crippen molar-refractivity contribution in [1.29, 1.82) is 0 Å². The SMILES string of the molecule is Cc1ccc(C(N)c2ncccc2C)cn1. The standard InChI is InChI=1S/C13H15N3/c1-9-4-3-7-15-13(9)12(14)11-6-5-10(2)16-8-11/h3-8,12H,14H2,1-2H3. The maximum Gasteiger partial charge on any atom is 0.0744 e. The highest BCUT2D eigenvalue weighted by Crippen LogP contribution is 2.19. The number of rotatable bonds is 2. The zero-order chi connectivity index (χ0) is 11.5. The lowest BCUT2D eigenvalue weighted by Gasteiger charge is -2.13. The van der Waals surface area contributed by atoms with Crippen molar-refractivity contribution in [2.45, 2.75) is 19.9 Å². The van der Waals surface area contributed by atoms with E-state index in [4.69, 9.17) is 5.73 Å². The van der Waals surface area contributed by atoms with Crippen molar-refractivity contribution in [2.24, 2.45) is 5.73 Å². The summed E-state index contributed by atoms with van der Waals surface area (Å²) in [7, 11) is 0. The predicted molar refractivity (Wildman–Crippen MR) is 64.0 cm³/mol. The summed E-state index contributed by atoms with van der Waals surface area (Å²) in [6.45, 7) is 3.98. The molecule has 0 aromatic carbocycles. The molecule has 2 heterocycles. The van der Waals surface area contributed by atoms with Crippen molar-refractivity contribution in [1.82, 2.24) is 9.97 Å². The molecule has 0 aliphatic heterocycles. The van der Waals surface area contributed by atoms with Crippen LogP contribution in [0.15, 0.2) is 36.7 Å². The number of aromatic nitrogens is 2. The van der Waals surface area contributed by atoms with Crippen LogP contribution in [0, 0.1) is 13.8 Å². The van der Waals surface area contributed by atoms with E-state index < -0.39 is 0 Å². The minimum atomic E-state index is -0.200. The van der Waals surface area contributed by atoms with Gasteiger partial charge in [0, 0.05) is 18.1 Å². The van der Waals surface area contributed by atoms with Crippen LogP contribution in [0.4, 0.5) is 0 Å². The zero-order valence-electron chi connectivity index (χ0n) is 9.51. The van der Waals surface area contributed by atoms with E-state index in [1.807, 2.05) is 44.3 Å². The molecular formula is C13H15N3. The smallest absolute Gasteiger partial charge is 0.0744 e. The first kappa shape index (κ1) is 10.8. The fraction of sp³-hybridized carbons (Fsp3) is 0.231. The van der Waals surface area contributed by atoms with Gasteiger partial charge in [-0.15, -0.1) is 0 Å². The van der Waals surface area contributed by atoms with E-state index >= 15 is 0 Å². The fourth-order valence-corrected chi connectivity index (χ4v) is 1.64. The summed E-state index contributed by atoms with van der Waals surface area (Å²) in [5.41, 5.74) is 10.2. The van der Waals surface area contributed by atoms with E-state index in [0.29, 0.717) is 0 Å². The summed E-state index contributed by atoms with van der Waals surface area (Å²) in [6, 6.07) is 7.70. The van der Waals surface area contributed by atoms with Crippen molar-refractivity contribution < 1.29 is 0 Å². The van der Waals surface area contributed by atoms with Crippen LogP contribution >= 0.6 is 0 Å². The van der Waals surface area contributed by atoms with Gasteiger partial charge in [-0.25, -0.2) is 0 Å². The van der Waals surface area contributed by atoms with Gasteiger partial charge in [-0.3, -0.25) is 9.97 Å². The second kappa shape index (κ2) is 4.41. The normalized spacial score (nSPS) is 12.4. The molecule has 1 unspecified atom stereocenters. The van der Waals surface area contributed by atoms with Gasteiger partial charge in [0.05, 0.1) is 11.7 Å². The highest BCUT2D eigenvalue weighted by atomic mass is 14.8. The summed E-state index contributed by atoms with van der Waals surface area (Å²) in [5, 5.41) is 0. The van der Waals surface area contributed by atoms with E-state index in [0.717, 1.165) is 22.5 Å². The van der Waals surface area contributed by atoms with Gasteiger partial charge in [0.15, 0.2) is 0 Å². The van der Waals surface area contributed by atoms with Crippen molar-refractivity contribution in [3.8, 4) is 0 Å². The maximum atomic E-state index is 6.16. The third-order valence-electron chi connectivity index (χ3n) is 2.64. The van der Waals surface area contributed by atoms with Crippen LogP contribution in [0.5, 0.6) is 0 Å². The van der Waals surface area contributed by atoms with E-state index in [1.54, 1.807) is 6.20 Å². The predicted octanol–water partition coefficient (Wildman–Crippen LogP) is 2.14. The van der Waals surface area contributed by atoms with Crippen molar-refractivity contribution in [2.75, 3.05) is 0 Å². The lowest BCUT2D eigenvalue weighted by molar-refractivity contribution is 0.810. The van der Waals surface area contributed by atoms with Gasteiger partial charge in [-0.2, -0.15) is 0 Å². The van der Waals surface area contributed by atoms with Crippen molar-refractivity contribution >= 4 is 0 Å². The molecule has 2 rings (SSSR count). The van der Waals surface area contributed by atoms with Gasteiger partial charge in [-0.05, 0) is 37.1 Å². The molecule has 16 heavy (non-hydrogen) atoms. The Morgan fingerprint density at radius 3 is 2.56 bits per heavy atom. The molecule has 0 fully saturated rings. The van der Waals surface area contributed by atoms with Gasteiger partial charge < -0.3 is 5.73 Å². The zero-order valence-corrected chi connectivity index (χ0v) is 9.51. The van der Waals surface area contributed by atoms with Crippen LogP contribution in [-0.2, 0) is 0 Å². The van der Waals surface area contributed by atoms with Crippen molar-refractivity contribution in [3.63, 3.8) is 0 Å². The largest absolute Gasteiger partial charge is 0.319 e. The average molecular weight is 213 g/mol. The number of nitrogens with zero attached hydrogens (tertiary/aromatic N) is 2. The van der Waals surface area contributed by atoms with Crippen LogP contribution in [0.1, 0.15) is 28.6 Å². The first-order valence-corrected chi connectivity index (χ1v) is 5.28. The Kier molecular flexibility index (Phi) is 2.97. The molecule has 0 saturated carbocycles. The quantitative estimate of drug-likeness (QED) is 0.831. The Morgan fingerprint density at radius 2 is 1.94 bits per heavy atom. The second-order valence-corrected chi connectivity index (χ2v) is 3.92. The number of nitrogens with two attached hydrogens (primary N) is 1. The molecule has 1 atom stereocenters. The third kappa shape index (κ3) is 2.09. The molecule has 0 aliphatic carbocycles. The Hall–Kier alpha value is -1.74. The molecule has 82 valence electrons. The van der Waals surface area contributed by atoms with Crippen LogP contribution in [-0.4, -0.2) is 9.97 Å². The Balaban J connectivity index is 2.35. The Bertz CT molecular complexity index is 477. The van der Waals surface area contributed by atoms with Gasteiger partial charge in [0.1, 0.15) is 0 Å². The minimum Gasteiger partial charge on any atom is -0.319 e. The second-order valence-electron chi connectivity index (χ2n) is 3.92. The maximum absolute atomic E-state index is 6.16. The highest BCUT2D eigenvalue weighted by molar-refractivity contribution is 5.30. The molecule has 0 saturated heterocycles. The van der Waals surface area contributed by atoms with E-state index in [-0.39, 0.29) is 6.04 Å². The number of hydrogen-bond acceptors (Lipinski definition) is 3. The molecule has 0 spiro atoms. The molecule has 0 aliphatic rings. The third-order valence-corrected chi connectivity index (χ3v) is 2.64. The van der Waals surface area contributed by atoms with E-state index in [2.05, 4.69) is 9.97 Å². The van der Waals surface area contributed by atoms with E-state index in [9.17, 15) is 0 Å². The lowest BCUT2D eigenvalue weighted by atomic mass is 10.0. The van der Waals surface area contributed by atoms with E-state index in [1.165, 1.54) is 0 Å². The Morgan fingerprint density at radius 1 is 1.12 bits per heavy atom. The monoisotopic (exact) mass is 213 g/mol. The first-order valence-electron chi connectivity index (χ1n) is 5.28. The van der Waals surface area contributed by atoms with Crippen LogP contribution in [0.2, 0.25) is 0 Å². The summed E-state index contributed by atoms with van der Waals surface area (Å²) in [5.74, 6) is 0. The van der Waals surface area contributed by atoms with Crippen LogP contribution < -0.4 is 5.73 Å². The molecule has 0 bridgehead atoms. The fourth-order valence-electron chi connectivity index (χ4n) is 1.64. The number of aryl methyl sites for hydroxylation is 2. The molecular weight excluding hydrogens is 198 g/mol. The average Bonchev–Trinajstić information content (AvgIpc) is 2.30. The molecule has 0 radical (unpaired) electrons. The number of hydrogen-bond donors (Lipinski definition) is 1. The summed E-state index contributed by atoms with van der Waals surface area (Å²) in [6.07, 6.45) is 3.58. The topological polar surface area (TPSA) is 51.8 Å². The lowest BCUT2D eigenvalue weighted by Crippen LogP contribution is -2.15. The molecule has 2 aromatic rings. The molecule has 2 aromatic heterocycles. The molecule has 0 amide bonds. The van der Waals surface area contributed by atoms with Gasteiger partial charge in [-0.1, -0.05) is 12.1 Å². The highest BCUT2D eigenvalue weighted by Gasteiger charge is 2.12. The number of pyridine rings is 2.